The van der Waals surface area contributed by atoms with Crippen molar-refractivity contribution in [2.24, 2.45) is 0 Å². The van der Waals surface area contributed by atoms with Crippen LogP contribution in [0.4, 0.5) is 0 Å². The van der Waals surface area contributed by atoms with Crippen LogP contribution < -0.4 is 0 Å². The maximum atomic E-state index is 5.02. The lowest BCUT2D eigenvalue weighted by molar-refractivity contribution is 0.477. The Balaban J connectivity index is 1.61. The summed E-state index contributed by atoms with van der Waals surface area (Å²) in [5, 5.41) is 0. The third-order valence-electron chi connectivity index (χ3n) is 6.23. The Kier molecular flexibility index (Phi) is 5.28. The number of hydrogen-bond donors (Lipinski definition) is 0. The van der Waals surface area contributed by atoms with Crippen molar-refractivity contribution in [2.75, 3.05) is 0 Å². The Morgan fingerprint density at radius 3 is 2.06 bits per heavy atom. The highest BCUT2D eigenvalue weighted by molar-refractivity contribution is 5.76. The Labute approximate surface area is 185 Å². The predicted octanol–water partition coefficient (Wildman–Crippen LogP) is 6.40. The number of benzene rings is 2. The summed E-state index contributed by atoms with van der Waals surface area (Å²) in [4.78, 5) is 19.0. The summed E-state index contributed by atoms with van der Waals surface area (Å²) in [6.07, 6.45) is 3.70. The zero-order valence-corrected chi connectivity index (χ0v) is 19.7. The van der Waals surface area contributed by atoms with E-state index in [4.69, 9.17) is 9.97 Å². The first-order chi connectivity index (χ1) is 14.5. The molecule has 0 radical (unpaired) electrons. The van der Waals surface area contributed by atoms with E-state index in [0.717, 1.165) is 52.0 Å². The minimum atomic E-state index is -0.00289. The first-order valence-corrected chi connectivity index (χ1v) is 11.0. The maximum absolute atomic E-state index is 5.02. The summed E-state index contributed by atoms with van der Waals surface area (Å²) in [7, 11) is 0. The van der Waals surface area contributed by atoms with Crippen molar-refractivity contribution in [3.05, 3.63) is 70.8 Å². The normalized spacial score (nSPS) is 12.6. The van der Waals surface area contributed by atoms with Crippen LogP contribution in [0, 0.1) is 13.8 Å². The summed E-state index contributed by atoms with van der Waals surface area (Å²) in [5.74, 6) is 0. The van der Waals surface area contributed by atoms with Crippen molar-refractivity contribution in [1.82, 2.24) is 19.9 Å². The smallest absolute Gasteiger partial charge is 0.0893 e. The van der Waals surface area contributed by atoms with E-state index in [1.807, 2.05) is 13.1 Å². The van der Waals surface area contributed by atoms with E-state index in [1.54, 1.807) is 0 Å². The fraction of sp³-hybridized carbons (Fsp3) is 0.407. The highest BCUT2D eigenvalue weighted by Gasteiger charge is 2.22. The molecule has 0 amide bonds. The molecule has 31 heavy (non-hydrogen) atoms. The molecule has 0 spiro atoms. The van der Waals surface area contributed by atoms with Gasteiger partial charge in [0, 0.05) is 6.20 Å². The van der Waals surface area contributed by atoms with E-state index < -0.39 is 0 Å². The van der Waals surface area contributed by atoms with Gasteiger partial charge in [-0.1, -0.05) is 46.8 Å². The largest absolute Gasteiger partial charge is 0.253 e. The number of fused-ring (bicyclic) bond motifs is 2. The SMILES string of the molecule is Cc1cnc2cc(C(C)(C)CCc3nc4cc(C(C)(C)C)ccc4nc3C)ccc2n1. The number of aryl methyl sites for hydroxylation is 3. The molecule has 0 aliphatic heterocycles. The molecule has 2 heterocycles. The Bertz CT molecular complexity index is 1270. The van der Waals surface area contributed by atoms with Gasteiger partial charge in [0.1, 0.15) is 0 Å². The minimum Gasteiger partial charge on any atom is -0.253 e. The molecule has 0 aliphatic rings. The molecule has 0 atom stereocenters. The van der Waals surface area contributed by atoms with E-state index in [0.29, 0.717) is 0 Å². The lowest BCUT2D eigenvalue weighted by Crippen LogP contribution is -2.19. The van der Waals surface area contributed by atoms with Crippen LogP contribution in [0.15, 0.2) is 42.6 Å². The highest BCUT2D eigenvalue weighted by Crippen LogP contribution is 2.31. The van der Waals surface area contributed by atoms with Gasteiger partial charge in [-0.15, -0.1) is 0 Å². The van der Waals surface area contributed by atoms with Crippen LogP contribution in [0.5, 0.6) is 0 Å². The lowest BCUT2D eigenvalue weighted by atomic mass is 9.80. The Morgan fingerprint density at radius 2 is 1.35 bits per heavy atom. The van der Waals surface area contributed by atoms with Gasteiger partial charge in [-0.3, -0.25) is 4.98 Å². The zero-order chi connectivity index (χ0) is 22.4. The second-order valence-corrected chi connectivity index (χ2v) is 10.3. The number of nitrogens with zero attached hydrogens (tertiary/aromatic N) is 4. The Hall–Kier alpha value is -2.88. The first-order valence-electron chi connectivity index (χ1n) is 11.0. The molecule has 4 rings (SSSR count). The van der Waals surface area contributed by atoms with Gasteiger partial charge in [0.25, 0.3) is 0 Å². The van der Waals surface area contributed by atoms with E-state index in [2.05, 4.69) is 87.9 Å². The lowest BCUT2D eigenvalue weighted by Gasteiger charge is -2.26. The second-order valence-electron chi connectivity index (χ2n) is 10.3. The molecule has 2 aromatic heterocycles. The van der Waals surface area contributed by atoms with Gasteiger partial charge >= 0.3 is 0 Å². The van der Waals surface area contributed by atoms with Gasteiger partial charge in [-0.2, -0.15) is 0 Å². The van der Waals surface area contributed by atoms with E-state index in [1.165, 1.54) is 11.1 Å². The van der Waals surface area contributed by atoms with Gasteiger partial charge in [-0.25, -0.2) is 15.0 Å². The monoisotopic (exact) mass is 412 g/mol. The highest BCUT2D eigenvalue weighted by atomic mass is 14.8. The van der Waals surface area contributed by atoms with E-state index >= 15 is 0 Å². The standard InChI is InChI=1S/C27H32N4/c1-17-16-28-24-15-20(9-11-22(24)29-17)27(6,7)13-12-21-18(2)30-23-10-8-19(26(3,4)5)14-25(23)31-21/h8-11,14-16H,12-13H2,1-7H3. The van der Waals surface area contributed by atoms with Gasteiger partial charge in [0.2, 0.25) is 0 Å². The van der Waals surface area contributed by atoms with Crippen molar-refractivity contribution in [3.8, 4) is 0 Å². The molecule has 0 saturated carbocycles. The van der Waals surface area contributed by atoms with Crippen molar-refractivity contribution in [2.45, 2.75) is 72.1 Å². The second kappa shape index (κ2) is 7.67. The molecule has 0 saturated heterocycles. The van der Waals surface area contributed by atoms with Crippen molar-refractivity contribution >= 4 is 22.1 Å². The average molecular weight is 413 g/mol. The molecule has 4 nitrogen and oxygen atoms in total. The van der Waals surface area contributed by atoms with Crippen LogP contribution in [0.2, 0.25) is 0 Å². The molecule has 4 heteroatoms. The summed E-state index contributed by atoms with van der Waals surface area (Å²) in [5.41, 5.74) is 9.57. The number of hydrogen-bond acceptors (Lipinski definition) is 4. The first kappa shape index (κ1) is 21.4. The van der Waals surface area contributed by atoms with Gasteiger partial charge in [0.15, 0.2) is 0 Å². The van der Waals surface area contributed by atoms with Crippen LogP contribution in [-0.4, -0.2) is 19.9 Å². The van der Waals surface area contributed by atoms with Crippen LogP contribution >= 0.6 is 0 Å². The molecule has 160 valence electrons. The van der Waals surface area contributed by atoms with Gasteiger partial charge in [-0.05, 0) is 72.9 Å². The molecule has 0 unspecified atom stereocenters. The quantitative estimate of drug-likeness (QED) is 0.389. The minimum absolute atomic E-state index is 0.00289. The fourth-order valence-corrected chi connectivity index (χ4v) is 3.98. The Morgan fingerprint density at radius 1 is 0.710 bits per heavy atom. The van der Waals surface area contributed by atoms with Crippen molar-refractivity contribution < 1.29 is 0 Å². The van der Waals surface area contributed by atoms with E-state index in [-0.39, 0.29) is 10.8 Å². The summed E-state index contributed by atoms with van der Waals surface area (Å²) in [6.45, 7) is 15.3. The van der Waals surface area contributed by atoms with Gasteiger partial charge in [0.05, 0.1) is 39.1 Å². The predicted molar refractivity (Wildman–Crippen MR) is 129 cm³/mol. The molecule has 4 aromatic rings. The third-order valence-corrected chi connectivity index (χ3v) is 6.23. The van der Waals surface area contributed by atoms with E-state index in [9.17, 15) is 0 Å². The molecule has 2 aromatic carbocycles. The fourth-order valence-electron chi connectivity index (χ4n) is 3.98. The summed E-state index contributed by atoms with van der Waals surface area (Å²) < 4.78 is 0. The average Bonchev–Trinajstić information content (AvgIpc) is 2.70. The third kappa shape index (κ3) is 4.43. The summed E-state index contributed by atoms with van der Waals surface area (Å²) >= 11 is 0. The van der Waals surface area contributed by atoms with Crippen molar-refractivity contribution in [3.63, 3.8) is 0 Å². The topological polar surface area (TPSA) is 51.6 Å². The molecule has 0 aliphatic carbocycles. The van der Waals surface area contributed by atoms with Crippen molar-refractivity contribution in [1.29, 1.82) is 0 Å². The molecule has 0 N–H and O–H groups in total. The summed E-state index contributed by atoms with van der Waals surface area (Å²) in [6, 6.07) is 12.9. The van der Waals surface area contributed by atoms with Crippen LogP contribution in [0.25, 0.3) is 22.1 Å². The molecular formula is C27H32N4. The number of aromatic nitrogens is 4. The molecule has 0 bridgehead atoms. The van der Waals surface area contributed by atoms with Gasteiger partial charge < -0.3 is 0 Å². The number of rotatable bonds is 4. The molecule has 0 fully saturated rings. The molecular weight excluding hydrogens is 380 g/mol. The maximum Gasteiger partial charge on any atom is 0.0893 e. The van der Waals surface area contributed by atoms with Crippen LogP contribution in [0.3, 0.4) is 0 Å². The zero-order valence-electron chi connectivity index (χ0n) is 19.7. The van der Waals surface area contributed by atoms with Crippen LogP contribution in [-0.2, 0) is 17.3 Å². The van der Waals surface area contributed by atoms with Crippen LogP contribution in [0.1, 0.15) is 69.2 Å².